The van der Waals surface area contributed by atoms with E-state index in [0.717, 1.165) is 42.5 Å². The summed E-state index contributed by atoms with van der Waals surface area (Å²) in [6.45, 7) is 6.60. The second kappa shape index (κ2) is 11.0. The van der Waals surface area contributed by atoms with Gasteiger partial charge in [0.15, 0.2) is 0 Å². The predicted octanol–water partition coefficient (Wildman–Crippen LogP) is 4.80. The van der Waals surface area contributed by atoms with Crippen molar-refractivity contribution in [2.24, 2.45) is 0 Å². The number of hydrogen-bond donors (Lipinski definition) is 1. The van der Waals surface area contributed by atoms with Crippen LogP contribution >= 0.6 is 11.6 Å². The number of benzene rings is 3. The molecule has 1 saturated heterocycles. The fraction of sp³-hybridized carbons (Fsp3) is 0.333. The van der Waals surface area contributed by atoms with Gasteiger partial charge in [-0.15, -0.1) is 0 Å². The molecular weight excluding hydrogens is 420 g/mol. The smallest absolute Gasteiger partial charge is 0.119 e. The lowest BCUT2D eigenvalue weighted by Gasteiger charge is -2.40. The van der Waals surface area contributed by atoms with Gasteiger partial charge in [0.1, 0.15) is 18.5 Å². The fourth-order valence-electron chi connectivity index (χ4n) is 4.34. The third kappa shape index (κ3) is 5.90. The zero-order chi connectivity index (χ0) is 22.3. The van der Waals surface area contributed by atoms with E-state index in [2.05, 4.69) is 70.5 Å². The Morgan fingerprint density at radius 1 is 0.875 bits per heavy atom. The van der Waals surface area contributed by atoms with Gasteiger partial charge in [-0.25, -0.2) is 0 Å². The normalized spacial score (nSPS) is 16.2. The first-order valence-electron chi connectivity index (χ1n) is 11.2. The maximum absolute atomic E-state index is 10.5. The van der Waals surface area contributed by atoms with Crippen LogP contribution in [0, 0.1) is 6.92 Å². The summed E-state index contributed by atoms with van der Waals surface area (Å²) in [5, 5.41) is 11.2. The van der Waals surface area contributed by atoms with Gasteiger partial charge in [0.05, 0.1) is 6.04 Å². The SMILES string of the molecule is Cc1cc(OC[C@H](O)CN2CCN(C(c3ccccc3)c3ccccc3)CC2)ccc1Cl. The number of aliphatic hydroxyl groups excluding tert-OH is 1. The highest BCUT2D eigenvalue weighted by molar-refractivity contribution is 6.31. The first-order chi connectivity index (χ1) is 15.6. The number of hydrogen-bond acceptors (Lipinski definition) is 4. The predicted molar refractivity (Wildman–Crippen MR) is 130 cm³/mol. The number of ether oxygens (including phenoxy) is 1. The van der Waals surface area contributed by atoms with E-state index in [1.54, 1.807) is 0 Å². The Kier molecular flexibility index (Phi) is 7.82. The van der Waals surface area contributed by atoms with Crippen LogP contribution in [0.1, 0.15) is 22.7 Å². The number of rotatable bonds is 8. The maximum Gasteiger partial charge on any atom is 0.119 e. The average molecular weight is 451 g/mol. The highest BCUT2D eigenvalue weighted by Crippen LogP contribution is 2.29. The summed E-state index contributed by atoms with van der Waals surface area (Å²) in [7, 11) is 0. The Balaban J connectivity index is 1.32. The maximum atomic E-state index is 10.5. The Bertz CT molecular complexity index is 936. The second-order valence-corrected chi connectivity index (χ2v) is 8.84. The molecule has 4 nitrogen and oxygen atoms in total. The zero-order valence-corrected chi connectivity index (χ0v) is 19.3. The minimum Gasteiger partial charge on any atom is -0.491 e. The van der Waals surface area contributed by atoms with Gasteiger partial charge in [0.2, 0.25) is 0 Å². The topological polar surface area (TPSA) is 35.9 Å². The lowest BCUT2D eigenvalue weighted by molar-refractivity contribution is 0.0401. The van der Waals surface area contributed by atoms with Crippen LogP contribution in [0.5, 0.6) is 5.75 Å². The third-order valence-electron chi connectivity index (χ3n) is 6.04. The standard InChI is InChI=1S/C27H31ClN2O2/c1-21-18-25(12-13-26(21)28)32-20-24(31)19-29-14-16-30(17-15-29)27(22-8-4-2-5-9-22)23-10-6-3-7-11-23/h2-13,18,24,27,31H,14-17,19-20H2,1H3/t24-/m1/s1. The Labute approximate surface area is 196 Å². The van der Waals surface area contributed by atoms with Crippen LogP contribution in [0.15, 0.2) is 78.9 Å². The Morgan fingerprint density at radius 2 is 1.47 bits per heavy atom. The summed E-state index contributed by atoms with van der Waals surface area (Å²) in [5.41, 5.74) is 3.61. The van der Waals surface area contributed by atoms with E-state index in [9.17, 15) is 5.11 Å². The van der Waals surface area contributed by atoms with Gasteiger partial charge in [0.25, 0.3) is 0 Å². The first-order valence-corrected chi connectivity index (χ1v) is 11.6. The molecule has 0 radical (unpaired) electrons. The summed E-state index contributed by atoms with van der Waals surface area (Å²) in [6, 6.07) is 27.3. The van der Waals surface area contributed by atoms with Gasteiger partial charge in [-0.3, -0.25) is 9.80 Å². The van der Waals surface area contributed by atoms with Crippen LogP contribution in [0.25, 0.3) is 0 Å². The van der Waals surface area contributed by atoms with Gasteiger partial charge in [-0.05, 0) is 41.8 Å². The van der Waals surface area contributed by atoms with Crippen molar-refractivity contribution in [1.82, 2.24) is 9.80 Å². The lowest BCUT2D eigenvalue weighted by atomic mass is 9.96. The van der Waals surface area contributed by atoms with Crippen molar-refractivity contribution in [3.8, 4) is 5.75 Å². The van der Waals surface area contributed by atoms with Gasteiger partial charge in [-0.1, -0.05) is 72.3 Å². The number of aliphatic hydroxyl groups is 1. The number of piperazine rings is 1. The highest BCUT2D eigenvalue weighted by atomic mass is 35.5. The van der Waals surface area contributed by atoms with Crippen molar-refractivity contribution < 1.29 is 9.84 Å². The Hall–Kier alpha value is -2.37. The third-order valence-corrected chi connectivity index (χ3v) is 6.47. The van der Waals surface area contributed by atoms with Crippen LogP contribution in [-0.2, 0) is 0 Å². The molecule has 1 aliphatic rings. The molecule has 0 aromatic heterocycles. The zero-order valence-electron chi connectivity index (χ0n) is 18.5. The lowest BCUT2D eigenvalue weighted by Crippen LogP contribution is -2.50. The van der Waals surface area contributed by atoms with Gasteiger partial charge in [-0.2, -0.15) is 0 Å². The monoisotopic (exact) mass is 450 g/mol. The molecule has 3 aromatic rings. The van der Waals surface area contributed by atoms with Crippen LogP contribution < -0.4 is 4.74 Å². The van der Waals surface area contributed by atoms with Crippen molar-refractivity contribution >= 4 is 11.6 Å². The molecule has 32 heavy (non-hydrogen) atoms. The number of aryl methyl sites for hydroxylation is 1. The molecule has 0 aliphatic carbocycles. The molecule has 0 saturated carbocycles. The fourth-order valence-corrected chi connectivity index (χ4v) is 4.46. The molecule has 3 aromatic carbocycles. The van der Waals surface area contributed by atoms with Crippen molar-refractivity contribution in [3.63, 3.8) is 0 Å². The van der Waals surface area contributed by atoms with Crippen LogP contribution in [0.3, 0.4) is 0 Å². The average Bonchev–Trinajstić information content (AvgIpc) is 2.83. The molecule has 5 heteroatoms. The second-order valence-electron chi connectivity index (χ2n) is 8.44. The van der Waals surface area contributed by atoms with E-state index < -0.39 is 6.10 Å². The molecule has 0 bridgehead atoms. The van der Waals surface area contributed by atoms with Crippen molar-refractivity contribution in [1.29, 1.82) is 0 Å². The molecule has 4 rings (SSSR count). The molecule has 0 amide bonds. The van der Waals surface area contributed by atoms with E-state index in [-0.39, 0.29) is 12.6 Å². The number of β-amino-alcohol motifs (C(OH)–C–C–N with tert-alkyl or cyclic N) is 1. The van der Waals surface area contributed by atoms with E-state index >= 15 is 0 Å². The molecule has 1 atom stereocenters. The quantitative estimate of drug-likeness (QED) is 0.535. The first kappa shape index (κ1) is 22.8. The highest BCUT2D eigenvalue weighted by Gasteiger charge is 2.27. The summed E-state index contributed by atoms with van der Waals surface area (Å²) >= 11 is 6.07. The van der Waals surface area contributed by atoms with Gasteiger partial charge < -0.3 is 9.84 Å². The van der Waals surface area contributed by atoms with Crippen molar-refractivity contribution in [2.75, 3.05) is 39.3 Å². The summed E-state index contributed by atoms with van der Waals surface area (Å²) < 4.78 is 5.77. The van der Waals surface area contributed by atoms with Crippen LogP contribution in [-0.4, -0.2) is 60.3 Å². The molecule has 0 spiro atoms. The van der Waals surface area contributed by atoms with Crippen molar-refractivity contribution in [2.45, 2.75) is 19.1 Å². The summed E-state index contributed by atoms with van der Waals surface area (Å²) in [4.78, 5) is 4.87. The van der Waals surface area contributed by atoms with E-state index in [1.165, 1.54) is 11.1 Å². The minimum atomic E-state index is -0.531. The van der Waals surface area contributed by atoms with Gasteiger partial charge >= 0.3 is 0 Å². The number of nitrogens with zero attached hydrogens (tertiary/aromatic N) is 2. The summed E-state index contributed by atoms with van der Waals surface area (Å²) in [6.07, 6.45) is -0.531. The molecule has 168 valence electrons. The minimum absolute atomic E-state index is 0.251. The van der Waals surface area contributed by atoms with Crippen LogP contribution in [0.4, 0.5) is 0 Å². The van der Waals surface area contributed by atoms with Crippen LogP contribution in [0.2, 0.25) is 5.02 Å². The Morgan fingerprint density at radius 3 is 2.03 bits per heavy atom. The summed E-state index contributed by atoms with van der Waals surface area (Å²) in [5.74, 6) is 0.740. The van der Waals surface area contributed by atoms with E-state index in [1.807, 2.05) is 25.1 Å². The van der Waals surface area contributed by atoms with E-state index in [0.29, 0.717) is 6.54 Å². The molecule has 0 unspecified atom stereocenters. The molecule has 1 aliphatic heterocycles. The molecule has 1 N–H and O–H groups in total. The molecule has 1 heterocycles. The molecular formula is C27H31ClN2O2. The molecule has 1 fully saturated rings. The van der Waals surface area contributed by atoms with Crippen molar-refractivity contribution in [3.05, 3.63) is 101 Å². The largest absolute Gasteiger partial charge is 0.491 e. The van der Waals surface area contributed by atoms with Gasteiger partial charge in [0, 0.05) is 37.7 Å². The van der Waals surface area contributed by atoms with E-state index in [4.69, 9.17) is 16.3 Å². The number of halogens is 1.